The number of carbonyl (C=O) groups excluding carboxylic acids is 2. The van der Waals surface area contributed by atoms with Gasteiger partial charge in [-0.1, -0.05) is 19.3 Å². The number of amides is 2. The van der Waals surface area contributed by atoms with Gasteiger partial charge in [0.2, 0.25) is 0 Å². The van der Waals surface area contributed by atoms with E-state index in [0.29, 0.717) is 19.6 Å². The second-order valence-electron chi connectivity index (χ2n) is 4.99. The summed E-state index contributed by atoms with van der Waals surface area (Å²) in [7, 11) is 1.60. The fourth-order valence-corrected chi connectivity index (χ4v) is 2.10. The van der Waals surface area contributed by atoms with Crippen LogP contribution in [0.15, 0.2) is 5.10 Å². The molecule has 1 aliphatic rings. The van der Waals surface area contributed by atoms with E-state index in [4.69, 9.17) is 4.74 Å². The first-order chi connectivity index (χ1) is 9.74. The predicted molar refractivity (Wildman–Crippen MR) is 77.4 cm³/mol. The molecular formula is C14H25N3O3. The first-order valence-electron chi connectivity index (χ1n) is 7.36. The summed E-state index contributed by atoms with van der Waals surface area (Å²) in [5, 5.41) is 6.61. The van der Waals surface area contributed by atoms with Crippen molar-refractivity contribution in [1.29, 1.82) is 0 Å². The number of methoxy groups -OCH3 is 1. The van der Waals surface area contributed by atoms with Gasteiger partial charge < -0.3 is 10.1 Å². The van der Waals surface area contributed by atoms with Crippen molar-refractivity contribution in [2.24, 2.45) is 5.10 Å². The van der Waals surface area contributed by atoms with Crippen LogP contribution in [0.4, 0.5) is 0 Å². The minimum atomic E-state index is -0.697. The quantitative estimate of drug-likeness (QED) is 0.454. The van der Waals surface area contributed by atoms with Gasteiger partial charge in [0.1, 0.15) is 0 Å². The van der Waals surface area contributed by atoms with Crippen LogP contribution in [0.3, 0.4) is 0 Å². The van der Waals surface area contributed by atoms with Gasteiger partial charge in [-0.15, -0.1) is 0 Å². The molecule has 0 spiro atoms. The Bertz CT molecular complexity index is 333. The largest absolute Gasteiger partial charge is 0.385 e. The highest BCUT2D eigenvalue weighted by Gasteiger charge is 2.12. The summed E-state index contributed by atoms with van der Waals surface area (Å²) in [6.45, 7) is 0.987. The van der Waals surface area contributed by atoms with Crippen molar-refractivity contribution in [3.63, 3.8) is 0 Å². The normalized spacial score (nSPS) is 15.9. The Morgan fingerprint density at radius 2 is 1.75 bits per heavy atom. The summed E-state index contributed by atoms with van der Waals surface area (Å²) in [6, 6.07) is 0. The Balaban J connectivity index is 2.27. The number of nitrogens with zero attached hydrogens (tertiary/aromatic N) is 1. The SMILES string of the molecule is COCCCNC(=O)C(=O)NN=C1CCCCCCC1. The number of nitrogens with one attached hydrogen (secondary N) is 2. The number of hydrogen-bond donors (Lipinski definition) is 2. The van der Waals surface area contributed by atoms with E-state index in [0.717, 1.165) is 31.4 Å². The van der Waals surface area contributed by atoms with Gasteiger partial charge in [-0.25, -0.2) is 5.43 Å². The van der Waals surface area contributed by atoms with E-state index in [1.165, 1.54) is 19.3 Å². The Hall–Kier alpha value is -1.43. The molecule has 0 atom stereocenters. The second-order valence-corrected chi connectivity index (χ2v) is 4.99. The molecule has 0 aliphatic heterocycles. The molecule has 0 heterocycles. The third kappa shape index (κ3) is 7.23. The van der Waals surface area contributed by atoms with Crippen LogP contribution in [0, 0.1) is 0 Å². The van der Waals surface area contributed by atoms with Crippen LogP contribution < -0.4 is 10.7 Å². The highest BCUT2D eigenvalue weighted by molar-refractivity contribution is 6.35. The van der Waals surface area contributed by atoms with E-state index < -0.39 is 11.8 Å². The van der Waals surface area contributed by atoms with Gasteiger partial charge in [-0.2, -0.15) is 5.10 Å². The maximum Gasteiger partial charge on any atom is 0.329 e. The monoisotopic (exact) mass is 283 g/mol. The van der Waals surface area contributed by atoms with Gasteiger partial charge in [-0.05, 0) is 32.1 Å². The summed E-state index contributed by atoms with van der Waals surface area (Å²) in [5.74, 6) is -1.34. The Morgan fingerprint density at radius 3 is 2.40 bits per heavy atom. The van der Waals surface area contributed by atoms with E-state index in [-0.39, 0.29) is 0 Å². The van der Waals surface area contributed by atoms with Gasteiger partial charge >= 0.3 is 11.8 Å². The van der Waals surface area contributed by atoms with Crippen molar-refractivity contribution in [3.05, 3.63) is 0 Å². The molecule has 6 nitrogen and oxygen atoms in total. The zero-order chi connectivity index (χ0) is 14.6. The van der Waals surface area contributed by atoms with Gasteiger partial charge in [-0.3, -0.25) is 9.59 Å². The molecule has 1 fully saturated rings. The first kappa shape index (κ1) is 16.6. The summed E-state index contributed by atoms with van der Waals surface area (Å²) < 4.78 is 4.86. The average Bonchev–Trinajstić information content (AvgIpc) is 2.42. The van der Waals surface area contributed by atoms with Crippen LogP contribution in [0.5, 0.6) is 0 Å². The number of carbonyl (C=O) groups is 2. The molecule has 20 heavy (non-hydrogen) atoms. The van der Waals surface area contributed by atoms with Gasteiger partial charge in [0.15, 0.2) is 0 Å². The van der Waals surface area contributed by atoms with Crippen LogP contribution in [-0.4, -0.2) is 37.8 Å². The Kier molecular flexibility index (Phi) is 8.62. The molecule has 6 heteroatoms. The molecule has 0 aromatic carbocycles. The summed E-state index contributed by atoms with van der Waals surface area (Å²) >= 11 is 0. The molecular weight excluding hydrogens is 258 g/mol. The fourth-order valence-electron chi connectivity index (χ4n) is 2.10. The van der Waals surface area contributed by atoms with Gasteiger partial charge in [0, 0.05) is 26.0 Å². The molecule has 0 saturated heterocycles. The van der Waals surface area contributed by atoms with E-state index >= 15 is 0 Å². The third-order valence-corrected chi connectivity index (χ3v) is 3.26. The highest BCUT2D eigenvalue weighted by Crippen LogP contribution is 2.14. The number of rotatable bonds is 5. The molecule has 0 radical (unpaired) electrons. The maximum atomic E-state index is 11.5. The fraction of sp³-hybridized carbons (Fsp3) is 0.786. The lowest BCUT2D eigenvalue weighted by molar-refractivity contribution is -0.139. The topological polar surface area (TPSA) is 79.8 Å². The van der Waals surface area contributed by atoms with Crippen molar-refractivity contribution >= 4 is 17.5 Å². The maximum absolute atomic E-state index is 11.5. The zero-order valence-electron chi connectivity index (χ0n) is 12.2. The number of ether oxygens (including phenoxy) is 1. The minimum absolute atomic E-state index is 0.427. The van der Waals surface area contributed by atoms with Crippen molar-refractivity contribution in [2.45, 2.75) is 51.4 Å². The van der Waals surface area contributed by atoms with Crippen LogP contribution >= 0.6 is 0 Å². The van der Waals surface area contributed by atoms with Crippen molar-refractivity contribution in [1.82, 2.24) is 10.7 Å². The van der Waals surface area contributed by atoms with E-state index in [1.54, 1.807) is 7.11 Å². The standard InChI is InChI=1S/C14H25N3O3/c1-20-11-7-10-15-13(18)14(19)17-16-12-8-5-3-2-4-6-9-12/h2-11H2,1H3,(H,15,18)(H,17,19). The van der Waals surface area contributed by atoms with Gasteiger partial charge in [0.05, 0.1) is 0 Å². The van der Waals surface area contributed by atoms with Crippen molar-refractivity contribution in [3.8, 4) is 0 Å². The smallest absolute Gasteiger partial charge is 0.329 e. The van der Waals surface area contributed by atoms with E-state index in [9.17, 15) is 9.59 Å². The molecule has 0 bridgehead atoms. The summed E-state index contributed by atoms with van der Waals surface area (Å²) in [4.78, 5) is 23.0. The molecule has 0 unspecified atom stereocenters. The molecule has 1 rings (SSSR count). The van der Waals surface area contributed by atoms with Crippen molar-refractivity contribution in [2.75, 3.05) is 20.3 Å². The lowest BCUT2D eigenvalue weighted by Crippen LogP contribution is -2.38. The van der Waals surface area contributed by atoms with Gasteiger partial charge in [0.25, 0.3) is 0 Å². The lowest BCUT2D eigenvalue weighted by Gasteiger charge is -2.10. The molecule has 0 aromatic heterocycles. The molecule has 1 saturated carbocycles. The van der Waals surface area contributed by atoms with E-state index in [1.807, 2.05) is 0 Å². The van der Waals surface area contributed by atoms with Crippen molar-refractivity contribution < 1.29 is 14.3 Å². The highest BCUT2D eigenvalue weighted by atomic mass is 16.5. The molecule has 114 valence electrons. The Labute approximate surface area is 120 Å². The number of hydrazone groups is 1. The molecule has 2 amide bonds. The molecule has 0 aromatic rings. The predicted octanol–water partition coefficient (Wildman–Crippen LogP) is 1.36. The van der Waals surface area contributed by atoms with E-state index in [2.05, 4.69) is 15.8 Å². The van der Waals surface area contributed by atoms with Crippen LogP contribution in [0.25, 0.3) is 0 Å². The molecule has 1 aliphatic carbocycles. The van der Waals surface area contributed by atoms with Crippen LogP contribution in [0.1, 0.15) is 51.4 Å². The second kappa shape index (κ2) is 10.4. The third-order valence-electron chi connectivity index (χ3n) is 3.26. The molecule has 2 N–H and O–H groups in total. The van der Waals surface area contributed by atoms with Crippen LogP contribution in [0.2, 0.25) is 0 Å². The number of hydrogen-bond acceptors (Lipinski definition) is 4. The minimum Gasteiger partial charge on any atom is -0.385 e. The first-order valence-corrected chi connectivity index (χ1v) is 7.36. The Morgan fingerprint density at radius 1 is 1.10 bits per heavy atom. The average molecular weight is 283 g/mol. The lowest BCUT2D eigenvalue weighted by atomic mass is 9.99. The summed E-state index contributed by atoms with van der Waals surface area (Å²) in [6.07, 6.45) is 8.44. The zero-order valence-corrected chi connectivity index (χ0v) is 12.2. The summed E-state index contributed by atoms with van der Waals surface area (Å²) in [5.41, 5.74) is 3.34. The van der Waals surface area contributed by atoms with Crippen LogP contribution in [-0.2, 0) is 14.3 Å².